The molecule has 0 radical (unpaired) electrons. The second-order valence-electron chi connectivity index (χ2n) is 4.57. The minimum atomic E-state index is -0.597. The minimum Gasteiger partial charge on any atom is -0.368 e. The molecular weight excluding hydrogens is 326 g/mol. The van der Waals surface area contributed by atoms with Crippen molar-refractivity contribution in [3.05, 3.63) is 22.8 Å². The number of aromatic nitrogens is 1. The molecule has 0 aromatic carbocycles. The standard InChI is InChI=1S/C13H20BrN3OS/c1-13(16-2,12(15)18)7-3-4-8-19-11-6-5-10(14)9-17-11/h5-6,9,16H,3-4,7-8H2,1-2H3,(H2,15,18). The largest absolute Gasteiger partial charge is 0.368 e. The summed E-state index contributed by atoms with van der Waals surface area (Å²) in [7, 11) is 1.77. The zero-order valence-corrected chi connectivity index (χ0v) is 13.7. The Morgan fingerprint density at radius 2 is 2.26 bits per heavy atom. The molecule has 1 rings (SSSR count). The van der Waals surface area contributed by atoms with E-state index in [9.17, 15) is 4.79 Å². The van der Waals surface area contributed by atoms with Crippen LogP contribution in [0.1, 0.15) is 26.2 Å². The van der Waals surface area contributed by atoms with Crippen molar-refractivity contribution in [2.45, 2.75) is 36.8 Å². The van der Waals surface area contributed by atoms with Crippen LogP contribution < -0.4 is 11.1 Å². The molecular formula is C13H20BrN3OS. The smallest absolute Gasteiger partial charge is 0.237 e. The highest BCUT2D eigenvalue weighted by Crippen LogP contribution is 2.20. The van der Waals surface area contributed by atoms with Crippen molar-refractivity contribution in [3.63, 3.8) is 0 Å². The van der Waals surface area contributed by atoms with Crippen molar-refractivity contribution in [2.75, 3.05) is 12.8 Å². The molecule has 0 aliphatic carbocycles. The van der Waals surface area contributed by atoms with Crippen LogP contribution in [0.15, 0.2) is 27.8 Å². The molecule has 0 saturated heterocycles. The van der Waals surface area contributed by atoms with Gasteiger partial charge in [0, 0.05) is 10.7 Å². The first-order valence-corrected chi connectivity index (χ1v) is 7.99. The average molecular weight is 346 g/mol. The fourth-order valence-electron chi connectivity index (χ4n) is 1.58. The van der Waals surface area contributed by atoms with Crippen LogP contribution in [0.4, 0.5) is 0 Å². The predicted octanol–water partition coefficient (Wildman–Crippen LogP) is 2.57. The van der Waals surface area contributed by atoms with Gasteiger partial charge in [0.05, 0.1) is 10.6 Å². The Balaban J connectivity index is 2.24. The summed E-state index contributed by atoms with van der Waals surface area (Å²) in [5.74, 6) is 0.699. The van der Waals surface area contributed by atoms with Crippen molar-refractivity contribution in [2.24, 2.45) is 5.73 Å². The third-order valence-corrected chi connectivity index (χ3v) is 4.62. The SMILES string of the molecule is CNC(C)(CCCCSc1ccc(Br)cn1)C(N)=O. The Labute approximate surface area is 127 Å². The number of likely N-dealkylation sites (N-methyl/N-ethyl adjacent to an activating group) is 1. The molecule has 1 heterocycles. The lowest BCUT2D eigenvalue weighted by Crippen LogP contribution is -2.51. The number of carbonyl (C=O) groups excluding carboxylic acids is 1. The van der Waals surface area contributed by atoms with Gasteiger partial charge in [0.25, 0.3) is 0 Å². The number of hydrogen-bond acceptors (Lipinski definition) is 4. The van der Waals surface area contributed by atoms with Gasteiger partial charge in [-0.1, -0.05) is 6.42 Å². The first kappa shape index (κ1) is 16.5. The van der Waals surface area contributed by atoms with Crippen molar-refractivity contribution in [1.29, 1.82) is 0 Å². The number of nitrogens with one attached hydrogen (secondary N) is 1. The highest BCUT2D eigenvalue weighted by Gasteiger charge is 2.27. The molecule has 1 unspecified atom stereocenters. The molecule has 4 nitrogen and oxygen atoms in total. The van der Waals surface area contributed by atoms with Gasteiger partial charge in [0.15, 0.2) is 0 Å². The van der Waals surface area contributed by atoms with Crippen molar-refractivity contribution >= 4 is 33.6 Å². The van der Waals surface area contributed by atoms with Crippen molar-refractivity contribution < 1.29 is 4.79 Å². The lowest BCUT2D eigenvalue weighted by molar-refractivity contribution is -0.123. The molecule has 6 heteroatoms. The van der Waals surface area contributed by atoms with Gasteiger partial charge < -0.3 is 11.1 Å². The molecule has 0 fully saturated rings. The van der Waals surface area contributed by atoms with E-state index in [1.165, 1.54) is 0 Å². The first-order valence-electron chi connectivity index (χ1n) is 6.21. The van der Waals surface area contributed by atoms with Gasteiger partial charge in [-0.15, -0.1) is 11.8 Å². The lowest BCUT2D eigenvalue weighted by atomic mass is 9.94. The summed E-state index contributed by atoms with van der Waals surface area (Å²) in [5.41, 5.74) is 4.78. The molecule has 106 valence electrons. The van der Waals surface area contributed by atoms with Gasteiger partial charge in [0.2, 0.25) is 5.91 Å². The number of halogens is 1. The summed E-state index contributed by atoms with van der Waals surface area (Å²) in [6, 6.07) is 3.98. The van der Waals surface area contributed by atoms with Crippen LogP contribution in [0.2, 0.25) is 0 Å². The van der Waals surface area contributed by atoms with Gasteiger partial charge in [-0.05, 0) is 60.6 Å². The Morgan fingerprint density at radius 3 is 2.79 bits per heavy atom. The number of carbonyl (C=O) groups is 1. The highest BCUT2D eigenvalue weighted by atomic mass is 79.9. The molecule has 0 bridgehead atoms. The Hall–Kier alpha value is -0.590. The number of rotatable bonds is 8. The van der Waals surface area contributed by atoms with E-state index in [0.717, 1.165) is 34.5 Å². The first-order chi connectivity index (χ1) is 8.98. The molecule has 0 aliphatic rings. The molecule has 1 aromatic heterocycles. The third kappa shape index (κ3) is 5.50. The number of primary amides is 1. The Morgan fingerprint density at radius 1 is 1.53 bits per heavy atom. The molecule has 1 amide bonds. The second kappa shape index (κ2) is 7.87. The molecule has 0 saturated carbocycles. The minimum absolute atomic E-state index is 0.294. The number of unbranched alkanes of at least 4 members (excludes halogenated alkanes) is 1. The Kier molecular flexibility index (Phi) is 6.82. The molecule has 1 aromatic rings. The third-order valence-electron chi connectivity index (χ3n) is 3.12. The van der Waals surface area contributed by atoms with Gasteiger partial charge >= 0.3 is 0 Å². The van der Waals surface area contributed by atoms with Gasteiger partial charge in [-0.25, -0.2) is 4.98 Å². The van der Waals surface area contributed by atoms with Crippen LogP contribution in [0.3, 0.4) is 0 Å². The fraction of sp³-hybridized carbons (Fsp3) is 0.538. The predicted molar refractivity (Wildman–Crippen MR) is 83.2 cm³/mol. The van der Waals surface area contributed by atoms with Gasteiger partial charge in [0.1, 0.15) is 0 Å². The topological polar surface area (TPSA) is 68.0 Å². The number of nitrogens with two attached hydrogens (primary N) is 1. The summed E-state index contributed by atoms with van der Waals surface area (Å²) in [6.07, 6.45) is 4.55. The van der Waals surface area contributed by atoms with Crippen LogP contribution in [-0.2, 0) is 4.79 Å². The van der Waals surface area contributed by atoms with Crippen molar-refractivity contribution in [3.8, 4) is 0 Å². The average Bonchev–Trinajstić information content (AvgIpc) is 2.40. The van der Waals surface area contributed by atoms with Crippen LogP contribution in [0.25, 0.3) is 0 Å². The monoisotopic (exact) mass is 345 g/mol. The zero-order chi connectivity index (χ0) is 14.3. The summed E-state index contributed by atoms with van der Waals surface area (Å²) in [4.78, 5) is 15.6. The van der Waals surface area contributed by atoms with Gasteiger partial charge in [-0.2, -0.15) is 0 Å². The summed E-state index contributed by atoms with van der Waals surface area (Å²) >= 11 is 5.09. The summed E-state index contributed by atoms with van der Waals surface area (Å²) < 4.78 is 0.989. The molecule has 0 spiro atoms. The van der Waals surface area contributed by atoms with Gasteiger partial charge in [-0.3, -0.25) is 4.79 Å². The van der Waals surface area contributed by atoms with Crippen LogP contribution >= 0.6 is 27.7 Å². The maximum absolute atomic E-state index is 11.3. The van der Waals surface area contributed by atoms with E-state index in [4.69, 9.17) is 5.73 Å². The fourth-order valence-corrected chi connectivity index (χ4v) is 2.66. The van der Waals surface area contributed by atoms with Crippen molar-refractivity contribution in [1.82, 2.24) is 10.3 Å². The number of amides is 1. The van der Waals surface area contributed by atoms with E-state index in [0.29, 0.717) is 0 Å². The maximum atomic E-state index is 11.3. The number of thioether (sulfide) groups is 1. The molecule has 0 aliphatic heterocycles. The van der Waals surface area contributed by atoms with E-state index in [-0.39, 0.29) is 5.91 Å². The molecule has 1 atom stereocenters. The quantitative estimate of drug-likeness (QED) is 0.561. The molecule has 19 heavy (non-hydrogen) atoms. The highest BCUT2D eigenvalue weighted by molar-refractivity contribution is 9.10. The number of hydrogen-bond donors (Lipinski definition) is 2. The second-order valence-corrected chi connectivity index (χ2v) is 6.60. The molecule has 3 N–H and O–H groups in total. The van der Waals surface area contributed by atoms with Crippen LogP contribution in [0, 0.1) is 0 Å². The summed E-state index contributed by atoms with van der Waals surface area (Å²) in [6.45, 7) is 1.85. The van der Waals surface area contributed by atoms with E-state index in [2.05, 4.69) is 26.2 Å². The van der Waals surface area contributed by atoms with Crippen LogP contribution in [-0.4, -0.2) is 29.2 Å². The van der Waals surface area contributed by atoms with E-state index < -0.39 is 5.54 Å². The van der Waals surface area contributed by atoms with E-state index in [1.54, 1.807) is 25.0 Å². The maximum Gasteiger partial charge on any atom is 0.237 e. The van der Waals surface area contributed by atoms with Crippen LogP contribution in [0.5, 0.6) is 0 Å². The number of pyridine rings is 1. The van der Waals surface area contributed by atoms with E-state index >= 15 is 0 Å². The van der Waals surface area contributed by atoms with E-state index in [1.807, 2.05) is 19.1 Å². The number of nitrogens with zero attached hydrogens (tertiary/aromatic N) is 1. The Bertz CT molecular complexity index is 413. The normalized spacial score (nSPS) is 14.1. The summed E-state index contributed by atoms with van der Waals surface area (Å²) in [5, 5.41) is 4.02. The zero-order valence-electron chi connectivity index (χ0n) is 11.3. The lowest BCUT2D eigenvalue weighted by Gasteiger charge is -2.25.